The zero-order valence-corrected chi connectivity index (χ0v) is 12.6. The Labute approximate surface area is 130 Å². The summed E-state index contributed by atoms with van der Waals surface area (Å²) >= 11 is 0. The summed E-state index contributed by atoms with van der Waals surface area (Å²) in [4.78, 5) is 8.70. The second kappa shape index (κ2) is 8.74. The number of hydrogen-bond donors (Lipinski definition) is 1. The third kappa shape index (κ3) is 4.53. The lowest BCUT2D eigenvalue weighted by Crippen LogP contribution is -1.95. The Bertz CT molecular complexity index is 594. The third-order valence-electron chi connectivity index (χ3n) is 3.18. The first-order chi connectivity index (χ1) is 10.8. The average molecular weight is 296 g/mol. The molecule has 114 valence electrons. The summed E-state index contributed by atoms with van der Waals surface area (Å²) in [6, 6.07) is 15.4. The number of aliphatic hydroxyl groups excluding tert-OH is 1. The van der Waals surface area contributed by atoms with E-state index in [1.54, 1.807) is 19.5 Å². The van der Waals surface area contributed by atoms with Crippen LogP contribution in [-0.4, -0.2) is 37.7 Å². The number of para-hydroxylation sites is 1. The van der Waals surface area contributed by atoms with Crippen molar-refractivity contribution in [2.45, 2.75) is 6.61 Å². The Hall–Kier alpha value is -2.46. The van der Waals surface area contributed by atoms with Crippen LogP contribution in [0.25, 0.3) is 0 Å². The van der Waals surface area contributed by atoms with Gasteiger partial charge in [-0.3, -0.25) is 9.98 Å². The fourth-order valence-corrected chi connectivity index (χ4v) is 2.02. The molecular weight excluding hydrogens is 276 g/mol. The van der Waals surface area contributed by atoms with E-state index in [9.17, 15) is 5.11 Å². The summed E-state index contributed by atoms with van der Waals surface area (Å²) in [6.07, 6.45) is 3.58. The van der Waals surface area contributed by atoms with Crippen LogP contribution in [-0.2, 0) is 6.61 Å². The number of rotatable bonds is 7. The number of benzene rings is 2. The molecule has 0 aliphatic heterocycles. The molecule has 22 heavy (non-hydrogen) atoms. The van der Waals surface area contributed by atoms with Crippen LogP contribution in [0.15, 0.2) is 58.5 Å². The minimum absolute atomic E-state index is 0.0220. The van der Waals surface area contributed by atoms with E-state index in [1.807, 2.05) is 48.5 Å². The van der Waals surface area contributed by atoms with E-state index in [0.717, 1.165) is 22.4 Å². The molecule has 0 heterocycles. The van der Waals surface area contributed by atoms with E-state index in [-0.39, 0.29) is 6.61 Å². The minimum atomic E-state index is 0.0220. The average Bonchev–Trinajstić information content (AvgIpc) is 2.58. The lowest BCUT2D eigenvalue weighted by molar-refractivity contribution is 0.281. The topological polar surface area (TPSA) is 54.2 Å². The zero-order valence-electron chi connectivity index (χ0n) is 12.6. The molecule has 0 aliphatic carbocycles. The molecule has 0 fully saturated rings. The van der Waals surface area contributed by atoms with Crippen LogP contribution >= 0.6 is 0 Å². The van der Waals surface area contributed by atoms with Crippen molar-refractivity contribution in [3.05, 3.63) is 65.2 Å². The van der Waals surface area contributed by atoms with Gasteiger partial charge in [-0.1, -0.05) is 36.4 Å². The van der Waals surface area contributed by atoms with Crippen LogP contribution < -0.4 is 4.74 Å². The van der Waals surface area contributed by atoms with Crippen molar-refractivity contribution in [2.24, 2.45) is 9.98 Å². The molecule has 0 radical (unpaired) electrons. The van der Waals surface area contributed by atoms with Crippen molar-refractivity contribution in [1.29, 1.82) is 0 Å². The Morgan fingerprint density at radius 1 is 0.909 bits per heavy atom. The second-order valence-corrected chi connectivity index (χ2v) is 4.67. The summed E-state index contributed by atoms with van der Waals surface area (Å²) in [7, 11) is 1.65. The van der Waals surface area contributed by atoms with E-state index in [2.05, 4.69) is 9.98 Å². The van der Waals surface area contributed by atoms with Crippen LogP contribution in [0.3, 0.4) is 0 Å². The highest BCUT2D eigenvalue weighted by molar-refractivity contribution is 5.83. The normalized spacial score (nSPS) is 11.4. The number of hydrogen-bond acceptors (Lipinski definition) is 4. The van der Waals surface area contributed by atoms with Crippen LogP contribution in [0.4, 0.5) is 0 Å². The number of aliphatic imine (C=N–C) groups is 2. The highest BCUT2D eigenvalue weighted by Crippen LogP contribution is 2.14. The molecule has 0 saturated carbocycles. The summed E-state index contributed by atoms with van der Waals surface area (Å²) in [5, 5.41) is 9.24. The molecule has 2 aromatic rings. The van der Waals surface area contributed by atoms with Gasteiger partial charge in [0.1, 0.15) is 5.75 Å². The third-order valence-corrected chi connectivity index (χ3v) is 3.18. The SMILES string of the molecule is COc1ccccc1C=NCCN=Cc1ccccc1CO. The predicted octanol–water partition coefficient (Wildman–Crippen LogP) is 2.73. The predicted molar refractivity (Wildman–Crippen MR) is 90.3 cm³/mol. The summed E-state index contributed by atoms with van der Waals surface area (Å²) in [5.74, 6) is 0.812. The van der Waals surface area contributed by atoms with Gasteiger partial charge in [0.25, 0.3) is 0 Å². The van der Waals surface area contributed by atoms with E-state index in [1.165, 1.54) is 0 Å². The highest BCUT2D eigenvalue weighted by Gasteiger charge is 1.97. The quantitative estimate of drug-likeness (QED) is 0.631. The molecule has 4 heteroatoms. The van der Waals surface area contributed by atoms with Crippen LogP contribution in [0, 0.1) is 0 Å². The fraction of sp³-hybridized carbons (Fsp3) is 0.222. The summed E-state index contributed by atoms with van der Waals surface area (Å²) in [6.45, 7) is 1.23. The molecule has 0 saturated heterocycles. The Balaban J connectivity index is 1.86. The van der Waals surface area contributed by atoms with Crippen molar-refractivity contribution in [3.63, 3.8) is 0 Å². The van der Waals surface area contributed by atoms with Gasteiger partial charge < -0.3 is 9.84 Å². The molecular formula is C18H20N2O2. The monoisotopic (exact) mass is 296 g/mol. The highest BCUT2D eigenvalue weighted by atomic mass is 16.5. The standard InChI is InChI=1S/C18H20N2O2/c1-22-18-9-5-4-7-16(18)13-20-11-10-19-12-15-6-2-3-8-17(15)14-21/h2-9,12-13,21H,10-11,14H2,1H3. The second-order valence-electron chi connectivity index (χ2n) is 4.67. The number of ether oxygens (including phenoxy) is 1. The van der Waals surface area contributed by atoms with Gasteiger partial charge in [0.05, 0.1) is 26.8 Å². The molecule has 0 unspecified atom stereocenters. The van der Waals surface area contributed by atoms with Crippen LogP contribution in [0.2, 0.25) is 0 Å². The smallest absolute Gasteiger partial charge is 0.127 e. The van der Waals surface area contributed by atoms with E-state index in [0.29, 0.717) is 13.1 Å². The maximum Gasteiger partial charge on any atom is 0.127 e. The number of aliphatic hydroxyl groups is 1. The molecule has 2 rings (SSSR count). The molecule has 1 N–H and O–H groups in total. The van der Waals surface area contributed by atoms with Gasteiger partial charge in [0, 0.05) is 18.0 Å². The molecule has 0 amide bonds. The van der Waals surface area contributed by atoms with Crippen molar-refractivity contribution >= 4 is 12.4 Å². The van der Waals surface area contributed by atoms with E-state index in [4.69, 9.17) is 4.74 Å². The summed E-state index contributed by atoms with van der Waals surface area (Å²) < 4.78 is 5.26. The lowest BCUT2D eigenvalue weighted by Gasteiger charge is -2.02. The molecule has 0 aromatic heterocycles. The minimum Gasteiger partial charge on any atom is -0.496 e. The van der Waals surface area contributed by atoms with E-state index < -0.39 is 0 Å². The molecule has 0 aliphatic rings. The maximum absolute atomic E-state index is 9.24. The van der Waals surface area contributed by atoms with Crippen molar-refractivity contribution in [1.82, 2.24) is 0 Å². The van der Waals surface area contributed by atoms with Crippen molar-refractivity contribution in [2.75, 3.05) is 20.2 Å². The van der Waals surface area contributed by atoms with Gasteiger partial charge in [-0.05, 0) is 23.3 Å². The van der Waals surface area contributed by atoms with Crippen molar-refractivity contribution in [3.8, 4) is 5.75 Å². The lowest BCUT2D eigenvalue weighted by atomic mass is 10.1. The molecule has 0 bridgehead atoms. The zero-order chi connectivity index (χ0) is 15.6. The van der Waals surface area contributed by atoms with Gasteiger partial charge in [-0.2, -0.15) is 0 Å². The van der Waals surface area contributed by atoms with Gasteiger partial charge >= 0.3 is 0 Å². The molecule has 2 aromatic carbocycles. The Kier molecular flexibility index (Phi) is 6.33. The number of nitrogens with zero attached hydrogens (tertiary/aromatic N) is 2. The summed E-state index contributed by atoms with van der Waals surface area (Å²) in [5.41, 5.74) is 2.78. The molecule has 0 atom stereocenters. The number of methoxy groups -OCH3 is 1. The first-order valence-electron chi connectivity index (χ1n) is 7.16. The van der Waals surface area contributed by atoms with Gasteiger partial charge in [-0.25, -0.2) is 0 Å². The van der Waals surface area contributed by atoms with Gasteiger partial charge in [-0.15, -0.1) is 0 Å². The van der Waals surface area contributed by atoms with Crippen LogP contribution in [0.5, 0.6) is 5.75 Å². The van der Waals surface area contributed by atoms with Gasteiger partial charge in [0.15, 0.2) is 0 Å². The molecule has 4 nitrogen and oxygen atoms in total. The van der Waals surface area contributed by atoms with Crippen LogP contribution in [0.1, 0.15) is 16.7 Å². The maximum atomic E-state index is 9.24. The van der Waals surface area contributed by atoms with Gasteiger partial charge in [0.2, 0.25) is 0 Å². The largest absolute Gasteiger partial charge is 0.496 e. The molecule has 0 spiro atoms. The fourth-order valence-electron chi connectivity index (χ4n) is 2.02. The van der Waals surface area contributed by atoms with Crippen molar-refractivity contribution < 1.29 is 9.84 Å². The Morgan fingerprint density at radius 2 is 1.50 bits per heavy atom. The first kappa shape index (κ1) is 15.9. The first-order valence-corrected chi connectivity index (χ1v) is 7.16. The van der Waals surface area contributed by atoms with E-state index >= 15 is 0 Å². The Morgan fingerprint density at radius 3 is 2.18 bits per heavy atom.